The van der Waals surface area contributed by atoms with E-state index in [1.807, 2.05) is 36.4 Å². The minimum atomic E-state index is -2.48. The Morgan fingerprint density at radius 2 is 1.93 bits per heavy atom. The monoisotopic (exact) mass is 506 g/mol. The molecule has 4 rings (SSSR count). The maximum atomic E-state index is 12.6. The first-order valence-corrected chi connectivity index (χ1v) is 13.3. The Kier molecular flexibility index (Phi) is 6.05. The molecule has 1 aliphatic rings. The van der Waals surface area contributed by atoms with E-state index in [-0.39, 0.29) is 0 Å². The number of ether oxygens (including phenoxy) is 1. The average molecular weight is 508 g/mol. The molecule has 0 amide bonds. The molecule has 0 unspecified atom stereocenters. The van der Waals surface area contributed by atoms with E-state index in [0.717, 1.165) is 39.6 Å². The van der Waals surface area contributed by atoms with Crippen LogP contribution in [0, 0.1) is 0 Å². The summed E-state index contributed by atoms with van der Waals surface area (Å²) in [6, 6.07) is 11.4. The van der Waals surface area contributed by atoms with Crippen molar-refractivity contribution in [2.24, 2.45) is 0 Å². The van der Waals surface area contributed by atoms with E-state index in [4.69, 9.17) is 16.3 Å². The number of rotatable bonds is 5. The SMILES string of the molecule is CP(C)(=O)c1ccccc1Nc1nc(Nc2ccc(Br)c3c2OCCC3)ncc1Cl. The lowest BCUT2D eigenvalue weighted by atomic mass is 10.1. The molecular weight excluding hydrogens is 487 g/mol. The van der Waals surface area contributed by atoms with E-state index in [0.29, 0.717) is 29.1 Å². The summed E-state index contributed by atoms with van der Waals surface area (Å²) in [7, 11) is -2.48. The fourth-order valence-corrected chi connectivity index (χ4v) is 5.14. The minimum absolute atomic E-state index is 0.367. The zero-order chi connectivity index (χ0) is 21.3. The predicted molar refractivity (Wildman–Crippen MR) is 127 cm³/mol. The summed E-state index contributed by atoms with van der Waals surface area (Å²) < 4.78 is 19.6. The Hall–Kier alpha value is -2.08. The Morgan fingerprint density at radius 3 is 2.73 bits per heavy atom. The summed E-state index contributed by atoms with van der Waals surface area (Å²) in [5, 5.41) is 7.55. The van der Waals surface area contributed by atoms with Crippen LogP contribution in [0.25, 0.3) is 0 Å². The smallest absolute Gasteiger partial charge is 0.229 e. The van der Waals surface area contributed by atoms with Gasteiger partial charge in [0.15, 0.2) is 5.82 Å². The van der Waals surface area contributed by atoms with E-state index in [1.165, 1.54) is 6.20 Å². The quantitative estimate of drug-likeness (QED) is 0.416. The lowest BCUT2D eigenvalue weighted by Crippen LogP contribution is -2.12. The summed E-state index contributed by atoms with van der Waals surface area (Å²) in [4.78, 5) is 8.84. The van der Waals surface area contributed by atoms with Gasteiger partial charge in [-0.25, -0.2) is 4.98 Å². The number of hydrogen-bond acceptors (Lipinski definition) is 6. The molecule has 1 aromatic heterocycles. The lowest BCUT2D eigenvalue weighted by molar-refractivity contribution is 0.289. The highest BCUT2D eigenvalue weighted by molar-refractivity contribution is 9.10. The molecule has 30 heavy (non-hydrogen) atoms. The van der Waals surface area contributed by atoms with Crippen molar-refractivity contribution in [1.29, 1.82) is 0 Å². The third-order valence-electron chi connectivity index (χ3n) is 4.75. The normalized spacial score (nSPS) is 13.3. The van der Waals surface area contributed by atoms with Crippen molar-refractivity contribution in [1.82, 2.24) is 9.97 Å². The number of nitrogens with one attached hydrogen (secondary N) is 2. The van der Waals surface area contributed by atoms with Gasteiger partial charge in [0, 0.05) is 15.3 Å². The van der Waals surface area contributed by atoms with Gasteiger partial charge in [-0.1, -0.05) is 39.7 Å². The zero-order valence-electron chi connectivity index (χ0n) is 16.6. The van der Waals surface area contributed by atoms with E-state index in [2.05, 4.69) is 36.5 Å². The number of para-hydroxylation sites is 1. The molecule has 0 aliphatic carbocycles. The van der Waals surface area contributed by atoms with Crippen molar-refractivity contribution < 1.29 is 9.30 Å². The second-order valence-electron chi connectivity index (χ2n) is 7.36. The fraction of sp³-hybridized carbons (Fsp3) is 0.238. The van der Waals surface area contributed by atoms with Gasteiger partial charge in [-0.15, -0.1) is 0 Å². The zero-order valence-corrected chi connectivity index (χ0v) is 19.8. The molecule has 3 aromatic rings. The Labute approximate surface area is 188 Å². The van der Waals surface area contributed by atoms with Crippen LogP contribution in [0.3, 0.4) is 0 Å². The molecule has 0 saturated heterocycles. The van der Waals surface area contributed by atoms with Crippen molar-refractivity contribution in [3.05, 3.63) is 57.7 Å². The van der Waals surface area contributed by atoms with Crippen LogP contribution in [0.5, 0.6) is 5.75 Å². The fourth-order valence-electron chi connectivity index (χ4n) is 3.34. The molecule has 1 aliphatic heterocycles. The van der Waals surface area contributed by atoms with Gasteiger partial charge in [0.25, 0.3) is 0 Å². The van der Waals surface area contributed by atoms with Crippen LogP contribution in [-0.2, 0) is 11.0 Å². The summed E-state index contributed by atoms with van der Waals surface area (Å²) in [5.41, 5.74) is 2.64. The molecule has 0 atom stereocenters. The van der Waals surface area contributed by atoms with Gasteiger partial charge < -0.3 is 19.9 Å². The standard InChI is InChI=1S/C21H21BrClN4O2P/c1-30(2,28)18-8-4-3-7-16(18)25-20-15(23)12-24-21(27-20)26-17-10-9-14(22)13-6-5-11-29-19(13)17/h3-4,7-10,12H,5-6,11H2,1-2H3,(H2,24,25,26,27). The molecule has 0 saturated carbocycles. The Morgan fingerprint density at radius 1 is 1.13 bits per heavy atom. The van der Waals surface area contributed by atoms with Crippen LogP contribution in [-0.4, -0.2) is 29.9 Å². The molecule has 9 heteroatoms. The maximum Gasteiger partial charge on any atom is 0.229 e. The highest BCUT2D eigenvalue weighted by atomic mass is 79.9. The Bertz CT molecular complexity index is 1150. The molecule has 0 bridgehead atoms. The molecule has 6 nitrogen and oxygen atoms in total. The summed E-state index contributed by atoms with van der Waals surface area (Å²) in [6.07, 6.45) is 3.47. The van der Waals surface area contributed by atoms with E-state index < -0.39 is 7.14 Å². The molecule has 0 spiro atoms. The number of hydrogen-bond donors (Lipinski definition) is 2. The van der Waals surface area contributed by atoms with Gasteiger partial charge in [0.05, 0.1) is 24.2 Å². The van der Waals surface area contributed by atoms with Crippen LogP contribution in [0.15, 0.2) is 47.1 Å². The first-order chi connectivity index (χ1) is 14.3. The van der Waals surface area contributed by atoms with Crippen LogP contribution in [0.4, 0.5) is 23.1 Å². The molecule has 0 radical (unpaired) electrons. The minimum Gasteiger partial charge on any atom is -0.491 e. The van der Waals surface area contributed by atoms with Crippen LogP contribution >= 0.6 is 34.7 Å². The molecule has 2 heterocycles. The van der Waals surface area contributed by atoms with Gasteiger partial charge in [0.2, 0.25) is 5.95 Å². The molecule has 2 N–H and O–H groups in total. The average Bonchev–Trinajstić information content (AvgIpc) is 2.72. The van der Waals surface area contributed by atoms with Crippen molar-refractivity contribution in [3.63, 3.8) is 0 Å². The predicted octanol–water partition coefficient (Wildman–Crippen LogP) is 5.95. The number of anilines is 4. The number of halogens is 2. The van der Waals surface area contributed by atoms with Crippen LogP contribution in [0.2, 0.25) is 5.02 Å². The largest absolute Gasteiger partial charge is 0.491 e. The molecule has 156 valence electrons. The third-order valence-corrected chi connectivity index (χ3v) is 7.32. The van der Waals surface area contributed by atoms with Crippen LogP contribution in [0.1, 0.15) is 12.0 Å². The number of fused-ring (bicyclic) bond motifs is 1. The van der Waals surface area contributed by atoms with Gasteiger partial charge in [0.1, 0.15) is 17.9 Å². The number of aromatic nitrogens is 2. The number of nitrogens with zero attached hydrogens (tertiary/aromatic N) is 2. The second kappa shape index (κ2) is 8.58. The van der Waals surface area contributed by atoms with Gasteiger partial charge in [-0.2, -0.15) is 4.98 Å². The second-order valence-corrected chi connectivity index (χ2v) is 11.8. The molecular formula is C21H21BrClN4O2P. The third kappa shape index (κ3) is 4.48. The molecule has 0 fully saturated rings. The van der Waals surface area contributed by atoms with Crippen molar-refractivity contribution >= 4 is 63.1 Å². The van der Waals surface area contributed by atoms with Crippen molar-refractivity contribution in [2.45, 2.75) is 12.8 Å². The first-order valence-electron chi connectivity index (χ1n) is 9.48. The number of benzene rings is 2. The van der Waals surface area contributed by atoms with Crippen molar-refractivity contribution in [3.8, 4) is 5.75 Å². The van der Waals surface area contributed by atoms with Gasteiger partial charge in [-0.3, -0.25) is 0 Å². The maximum absolute atomic E-state index is 12.6. The lowest BCUT2D eigenvalue weighted by Gasteiger charge is -2.22. The first kappa shape index (κ1) is 21.2. The van der Waals surface area contributed by atoms with Gasteiger partial charge in [-0.05, 0) is 50.4 Å². The summed E-state index contributed by atoms with van der Waals surface area (Å²) in [5.74, 6) is 1.63. The molecule has 2 aromatic carbocycles. The van der Waals surface area contributed by atoms with Crippen molar-refractivity contribution in [2.75, 3.05) is 30.6 Å². The van der Waals surface area contributed by atoms with Gasteiger partial charge >= 0.3 is 0 Å². The Balaban J connectivity index is 1.65. The van der Waals surface area contributed by atoms with Crippen LogP contribution < -0.4 is 20.7 Å². The summed E-state index contributed by atoms with van der Waals surface area (Å²) in [6.45, 7) is 4.15. The van der Waals surface area contributed by atoms with E-state index >= 15 is 0 Å². The summed E-state index contributed by atoms with van der Waals surface area (Å²) >= 11 is 9.93. The highest BCUT2D eigenvalue weighted by Crippen LogP contribution is 2.40. The van der Waals surface area contributed by atoms with E-state index in [1.54, 1.807) is 13.3 Å². The highest BCUT2D eigenvalue weighted by Gasteiger charge is 2.20. The van der Waals surface area contributed by atoms with E-state index in [9.17, 15) is 4.57 Å². The topological polar surface area (TPSA) is 76.1 Å².